The zero-order valence-corrected chi connectivity index (χ0v) is 12.0. The maximum Gasteiger partial charge on any atom is 0.180 e. The zero-order chi connectivity index (χ0) is 14.2. The van der Waals surface area contributed by atoms with Crippen LogP contribution in [-0.2, 0) is 0 Å². The fraction of sp³-hybridized carbons (Fsp3) is 0. The Morgan fingerprint density at radius 2 is 1.71 bits per heavy atom. The Morgan fingerprint density at radius 3 is 2.48 bits per heavy atom. The van der Waals surface area contributed by atoms with Gasteiger partial charge in [-0.25, -0.2) is 4.98 Å². The maximum atomic E-state index is 5.81. The standard InChI is InChI=1S/C17H13N3S/c18-17-20-14(10-21-17)15-12-8-4-5-9-13(12)19-16(15)11-6-2-1-3-7-11/h1-10,19H,(H2,18,20). The van der Waals surface area contributed by atoms with Crippen LogP contribution in [0, 0.1) is 0 Å². The molecule has 2 heterocycles. The summed E-state index contributed by atoms with van der Waals surface area (Å²) in [6, 6.07) is 18.6. The Kier molecular flexibility index (Phi) is 2.75. The molecule has 21 heavy (non-hydrogen) atoms. The third-order valence-corrected chi connectivity index (χ3v) is 4.22. The van der Waals surface area contributed by atoms with Crippen LogP contribution in [0.15, 0.2) is 60.0 Å². The molecule has 0 unspecified atom stereocenters. The van der Waals surface area contributed by atoms with Crippen molar-refractivity contribution in [1.29, 1.82) is 0 Å². The van der Waals surface area contributed by atoms with Gasteiger partial charge in [-0.2, -0.15) is 0 Å². The summed E-state index contributed by atoms with van der Waals surface area (Å²) in [6.45, 7) is 0. The molecular weight excluding hydrogens is 278 g/mol. The maximum absolute atomic E-state index is 5.81. The second-order valence-corrected chi connectivity index (χ2v) is 5.75. The molecule has 0 saturated heterocycles. The molecule has 3 nitrogen and oxygen atoms in total. The second-order valence-electron chi connectivity index (χ2n) is 4.86. The highest BCUT2D eigenvalue weighted by atomic mass is 32.1. The number of rotatable bonds is 2. The summed E-state index contributed by atoms with van der Waals surface area (Å²) >= 11 is 1.47. The normalized spacial score (nSPS) is 11.0. The quantitative estimate of drug-likeness (QED) is 0.569. The van der Waals surface area contributed by atoms with E-state index >= 15 is 0 Å². The van der Waals surface area contributed by atoms with E-state index in [4.69, 9.17) is 5.73 Å². The first kappa shape index (κ1) is 12.2. The number of aromatic amines is 1. The summed E-state index contributed by atoms with van der Waals surface area (Å²) in [5.74, 6) is 0. The monoisotopic (exact) mass is 291 g/mol. The van der Waals surface area contributed by atoms with Gasteiger partial charge in [-0.1, -0.05) is 48.5 Å². The summed E-state index contributed by atoms with van der Waals surface area (Å²) in [6.07, 6.45) is 0. The summed E-state index contributed by atoms with van der Waals surface area (Å²) in [7, 11) is 0. The Bertz CT molecular complexity index is 906. The lowest BCUT2D eigenvalue weighted by molar-refractivity contribution is 1.40. The van der Waals surface area contributed by atoms with Gasteiger partial charge in [-0.15, -0.1) is 11.3 Å². The summed E-state index contributed by atoms with van der Waals surface area (Å²) in [5.41, 5.74) is 11.2. The minimum atomic E-state index is 0.592. The summed E-state index contributed by atoms with van der Waals surface area (Å²) in [5, 5.41) is 3.77. The number of hydrogen-bond acceptors (Lipinski definition) is 3. The Hall–Kier alpha value is -2.59. The third kappa shape index (κ3) is 2.00. The molecule has 102 valence electrons. The molecule has 0 atom stereocenters. The molecule has 0 saturated carbocycles. The van der Waals surface area contributed by atoms with Gasteiger partial charge in [0.05, 0.1) is 11.4 Å². The number of H-pyrrole nitrogens is 1. The van der Waals surface area contributed by atoms with Crippen molar-refractivity contribution in [1.82, 2.24) is 9.97 Å². The molecule has 0 aliphatic carbocycles. The van der Waals surface area contributed by atoms with Gasteiger partial charge in [0, 0.05) is 21.8 Å². The van der Waals surface area contributed by atoms with Gasteiger partial charge in [-0.05, 0) is 11.6 Å². The van der Waals surface area contributed by atoms with Crippen molar-refractivity contribution in [3.8, 4) is 22.5 Å². The van der Waals surface area contributed by atoms with Gasteiger partial charge in [0.2, 0.25) is 0 Å². The number of nitrogens with zero attached hydrogens (tertiary/aromatic N) is 1. The first-order valence-electron chi connectivity index (χ1n) is 6.70. The van der Waals surface area contributed by atoms with Crippen LogP contribution >= 0.6 is 11.3 Å². The van der Waals surface area contributed by atoms with Crippen LogP contribution in [0.4, 0.5) is 5.13 Å². The van der Waals surface area contributed by atoms with Crippen molar-refractivity contribution in [2.45, 2.75) is 0 Å². The van der Waals surface area contributed by atoms with Gasteiger partial charge >= 0.3 is 0 Å². The number of nitrogens with two attached hydrogens (primary N) is 1. The summed E-state index contributed by atoms with van der Waals surface area (Å²) < 4.78 is 0. The van der Waals surface area contributed by atoms with E-state index < -0.39 is 0 Å². The van der Waals surface area contributed by atoms with E-state index in [1.54, 1.807) is 0 Å². The molecule has 4 aromatic rings. The zero-order valence-electron chi connectivity index (χ0n) is 11.2. The molecule has 0 radical (unpaired) electrons. The fourth-order valence-electron chi connectivity index (χ4n) is 2.63. The largest absolute Gasteiger partial charge is 0.375 e. The van der Waals surface area contributed by atoms with Crippen LogP contribution in [0.1, 0.15) is 0 Å². The van der Waals surface area contributed by atoms with Crippen LogP contribution in [-0.4, -0.2) is 9.97 Å². The van der Waals surface area contributed by atoms with E-state index in [1.165, 1.54) is 16.7 Å². The molecule has 0 aliphatic rings. The molecule has 4 heteroatoms. The molecule has 0 amide bonds. The van der Waals surface area contributed by atoms with Crippen molar-refractivity contribution >= 4 is 27.4 Å². The number of hydrogen-bond donors (Lipinski definition) is 2. The van der Waals surface area contributed by atoms with Gasteiger partial charge in [0.15, 0.2) is 5.13 Å². The Morgan fingerprint density at radius 1 is 0.952 bits per heavy atom. The fourth-order valence-corrected chi connectivity index (χ4v) is 3.19. The van der Waals surface area contributed by atoms with Gasteiger partial charge in [-0.3, -0.25) is 0 Å². The van der Waals surface area contributed by atoms with Crippen LogP contribution < -0.4 is 5.73 Å². The predicted octanol–water partition coefficient (Wildman–Crippen LogP) is 4.54. The van der Waals surface area contributed by atoms with E-state index in [2.05, 4.69) is 34.2 Å². The second kappa shape index (κ2) is 4.75. The molecule has 0 bridgehead atoms. The first-order valence-corrected chi connectivity index (χ1v) is 7.58. The van der Waals surface area contributed by atoms with Crippen LogP contribution in [0.2, 0.25) is 0 Å². The van der Waals surface area contributed by atoms with Gasteiger partial charge in [0.25, 0.3) is 0 Å². The number of fused-ring (bicyclic) bond motifs is 1. The van der Waals surface area contributed by atoms with Crippen molar-refractivity contribution in [3.63, 3.8) is 0 Å². The number of anilines is 1. The van der Waals surface area contributed by atoms with Gasteiger partial charge in [0.1, 0.15) is 0 Å². The van der Waals surface area contributed by atoms with Crippen LogP contribution in [0.25, 0.3) is 33.4 Å². The predicted molar refractivity (Wildman–Crippen MR) is 89.3 cm³/mol. The molecule has 0 spiro atoms. The average Bonchev–Trinajstić information content (AvgIpc) is 3.11. The lowest BCUT2D eigenvalue weighted by Crippen LogP contribution is -1.85. The van der Waals surface area contributed by atoms with E-state index in [0.29, 0.717) is 5.13 Å². The number of thiazole rings is 1. The van der Waals surface area contributed by atoms with Gasteiger partial charge < -0.3 is 10.7 Å². The minimum absolute atomic E-state index is 0.592. The first-order chi connectivity index (χ1) is 10.3. The molecule has 0 fully saturated rings. The topological polar surface area (TPSA) is 54.7 Å². The van der Waals surface area contributed by atoms with Crippen LogP contribution in [0.3, 0.4) is 0 Å². The smallest absolute Gasteiger partial charge is 0.180 e. The lowest BCUT2D eigenvalue weighted by atomic mass is 10.0. The highest BCUT2D eigenvalue weighted by Crippen LogP contribution is 2.38. The van der Waals surface area contributed by atoms with Crippen LogP contribution in [0.5, 0.6) is 0 Å². The average molecular weight is 291 g/mol. The minimum Gasteiger partial charge on any atom is -0.375 e. The third-order valence-electron chi connectivity index (χ3n) is 3.55. The molecule has 2 aromatic heterocycles. The SMILES string of the molecule is Nc1nc(-c2c(-c3ccccc3)[nH]c3ccccc23)cs1. The van der Waals surface area contributed by atoms with E-state index in [9.17, 15) is 0 Å². The number of benzene rings is 2. The van der Waals surface area contributed by atoms with Crippen molar-refractivity contribution in [3.05, 3.63) is 60.0 Å². The van der Waals surface area contributed by atoms with E-state index in [0.717, 1.165) is 28.0 Å². The van der Waals surface area contributed by atoms with Crippen molar-refractivity contribution in [2.75, 3.05) is 5.73 Å². The molecular formula is C17H13N3S. The molecule has 2 aromatic carbocycles. The number of nitrogens with one attached hydrogen (secondary N) is 1. The lowest BCUT2D eigenvalue weighted by Gasteiger charge is -2.02. The number of para-hydroxylation sites is 1. The Labute approximate surface area is 126 Å². The molecule has 0 aliphatic heterocycles. The highest BCUT2D eigenvalue weighted by Gasteiger charge is 2.16. The van der Waals surface area contributed by atoms with Crippen molar-refractivity contribution < 1.29 is 0 Å². The number of nitrogen functional groups attached to an aromatic ring is 1. The van der Waals surface area contributed by atoms with E-state index in [1.807, 2.05) is 35.7 Å². The molecule has 3 N–H and O–H groups in total. The number of aromatic nitrogens is 2. The Balaban J connectivity index is 2.06. The summed E-state index contributed by atoms with van der Waals surface area (Å²) in [4.78, 5) is 7.98. The van der Waals surface area contributed by atoms with E-state index in [-0.39, 0.29) is 0 Å². The highest BCUT2D eigenvalue weighted by molar-refractivity contribution is 7.13. The molecule has 4 rings (SSSR count). The van der Waals surface area contributed by atoms with Crippen molar-refractivity contribution in [2.24, 2.45) is 0 Å².